The maximum atomic E-state index is 6.01. The fraction of sp³-hybridized carbons (Fsp3) is 0.250. The normalized spacial score (nSPS) is 11.1. The first-order chi connectivity index (χ1) is 9.78. The minimum atomic E-state index is 0.407. The Bertz CT molecular complexity index is 719. The molecular weight excluding hydrogens is 270 g/mol. The topological polar surface area (TPSA) is 30.7 Å². The van der Waals surface area contributed by atoms with Crippen LogP contribution in [-0.4, -0.2) is 14.5 Å². The summed E-state index contributed by atoms with van der Waals surface area (Å²) in [5.41, 5.74) is 4.27. The highest BCUT2D eigenvalue weighted by atomic mass is 35.5. The van der Waals surface area contributed by atoms with Crippen molar-refractivity contribution in [3.8, 4) is 0 Å². The molecule has 20 heavy (non-hydrogen) atoms. The zero-order valence-electron chi connectivity index (χ0n) is 11.4. The highest BCUT2D eigenvalue weighted by Gasteiger charge is 2.11. The SMILES string of the molecule is Cc1cnc2c(c1)nc(CCl)n2CCc1ccccc1. The first-order valence-electron chi connectivity index (χ1n) is 6.69. The van der Waals surface area contributed by atoms with E-state index in [0.29, 0.717) is 5.88 Å². The van der Waals surface area contributed by atoms with E-state index in [0.717, 1.165) is 35.5 Å². The number of fused-ring (bicyclic) bond motifs is 1. The van der Waals surface area contributed by atoms with Crippen LogP contribution in [0.2, 0.25) is 0 Å². The highest BCUT2D eigenvalue weighted by molar-refractivity contribution is 6.16. The molecule has 0 bridgehead atoms. The predicted molar refractivity (Wildman–Crippen MR) is 82.0 cm³/mol. The van der Waals surface area contributed by atoms with Gasteiger partial charge in [0.2, 0.25) is 0 Å². The maximum absolute atomic E-state index is 6.01. The monoisotopic (exact) mass is 285 g/mol. The standard InChI is InChI=1S/C16H16ClN3/c1-12-9-14-16(18-11-12)20(15(10-17)19-14)8-7-13-5-3-2-4-6-13/h2-6,9,11H,7-8,10H2,1H3. The number of halogens is 1. The van der Waals surface area contributed by atoms with Crippen LogP contribution in [0.3, 0.4) is 0 Å². The fourth-order valence-electron chi connectivity index (χ4n) is 2.38. The van der Waals surface area contributed by atoms with E-state index in [9.17, 15) is 0 Å². The zero-order chi connectivity index (χ0) is 13.9. The van der Waals surface area contributed by atoms with Crippen LogP contribution in [0.25, 0.3) is 11.2 Å². The van der Waals surface area contributed by atoms with Gasteiger partial charge in [0, 0.05) is 12.7 Å². The Morgan fingerprint density at radius 1 is 1.20 bits per heavy atom. The van der Waals surface area contributed by atoms with Crippen LogP contribution in [0.4, 0.5) is 0 Å². The summed E-state index contributed by atoms with van der Waals surface area (Å²) in [5.74, 6) is 1.29. The highest BCUT2D eigenvalue weighted by Crippen LogP contribution is 2.17. The number of benzene rings is 1. The Morgan fingerprint density at radius 3 is 2.75 bits per heavy atom. The number of aryl methyl sites for hydroxylation is 3. The van der Waals surface area contributed by atoms with Gasteiger partial charge >= 0.3 is 0 Å². The first kappa shape index (κ1) is 13.1. The third-order valence-corrected chi connectivity index (χ3v) is 3.63. The lowest BCUT2D eigenvalue weighted by molar-refractivity contribution is 0.682. The number of rotatable bonds is 4. The van der Waals surface area contributed by atoms with Crippen LogP contribution in [0.15, 0.2) is 42.6 Å². The van der Waals surface area contributed by atoms with Gasteiger partial charge in [-0.2, -0.15) is 0 Å². The van der Waals surface area contributed by atoms with Gasteiger partial charge in [-0.1, -0.05) is 30.3 Å². The molecule has 3 aromatic rings. The van der Waals surface area contributed by atoms with Crippen molar-refractivity contribution in [2.45, 2.75) is 25.8 Å². The van der Waals surface area contributed by atoms with Gasteiger partial charge in [0.25, 0.3) is 0 Å². The predicted octanol–water partition coefficient (Wildman–Crippen LogP) is 3.72. The molecule has 0 aliphatic rings. The van der Waals surface area contributed by atoms with Crippen molar-refractivity contribution in [2.75, 3.05) is 0 Å². The Hall–Kier alpha value is -1.87. The quantitative estimate of drug-likeness (QED) is 0.684. The van der Waals surface area contributed by atoms with Crippen LogP contribution in [0.1, 0.15) is 17.0 Å². The second-order valence-electron chi connectivity index (χ2n) is 4.90. The lowest BCUT2D eigenvalue weighted by Crippen LogP contribution is -2.05. The summed E-state index contributed by atoms with van der Waals surface area (Å²) < 4.78 is 2.12. The van der Waals surface area contributed by atoms with Gasteiger partial charge in [0.15, 0.2) is 5.65 Å². The van der Waals surface area contributed by atoms with Crippen molar-refractivity contribution < 1.29 is 0 Å². The average molecular weight is 286 g/mol. The Morgan fingerprint density at radius 2 is 2.00 bits per heavy atom. The lowest BCUT2D eigenvalue weighted by atomic mass is 10.1. The largest absolute Gasteiger partial charge is 0.311 e. The number of hydrogen-bond donors (Lipinski definition) is 0. The zero-order valence-corrected chi connectivity index (χ0v) is 12.1. The van der Waals surface area contributed by atoms with Gasteiger partial charge in [0.05, 0.1) is 5.88 Å². The molecule has 0 aliphatic carbocycles. The minimum absolute atomic E-state index is 0.407. The number of aromatic nitrogens is 3. The van der Waals surface area contributed by atoms with E-state index in [1.807, 2.05) is 19.2 Å². The molecule has 0 unspecified atom stereocenters. The maximum Gasteiger partial charge on any atom is 0.160 e. The number of pyridine rings is 1. The molecule has 0 fully saturated rings. The van der Waals surface area contributed by atoms with Crippen LogP contribution >= 0.6 is 11.6 Å². The molecule has 0 spiro atoms. The van der Waals surface area contributed by atoms with Gasteiger partial charge in [-0.3, -0.25) is 0 Å². The minimum Gasteiger partial charge on any atom is -0.311 e. The molecule has 0 radical (unpaired) electrons. The second kappa shape index (κ2) is 5.63. The van der Waals surface area contributed by atoms with Crippen molar-refractivity contribution in [1.82, 2.24) is 14.5 Å². The molecule has 1 aromatic carbocycles. The number of nitrogens with zero attached hydrogens (tertiary/aromatic N) is 3. The van der Waals surface area contributed by atoms with Crippen LogP contribution in [-0.2, 0) is 18.8 Å². The number of hydrogen-bond acceptors (Lipinski definition) is 2. The van der Waals surface area contributed by atoms with Gasteiger partial charge in [-0.15, -0.1) is 11.6 Å². The van der Waals surface area contributed by atoms with Gasteiger partial charge in [-0.05, 0) is 30.5 Å². The van der Waals surface area contributed by atoms with E-state index in [-0.39, 0.29) is 0 Å². The number of alkyl halides is 1. The Labute approximate surface area is 123 Å². The van der Waals surface area contributed by atoms with E-state index in [4.69, 9.17) is 11.6 Å². The summed E-state index contributed by atoms with van der Waals surface area (Å²) in [5, 5.41) is 0. The molecule has 4 heteroatoms. The van der Waals surface area contributed by atoms with Crippen LogP contribution in [0, 0.1) is 6.92 Å². The van der Waals surface area contributed by atoms with E-state index in [2.05, 4.69) is 44.9 Å². The van der Waals surface area contributed by atoms with Crippen LogP contribution in [0.5, 0.6) is 0 Å². The van der Waals surface area contributed by atoms with Crippen molar-refractivity contribution in [2.24, 2.45) is 0 Å². The molecule has 0 atom stereocenters. The Kier molecular flexibility index (Phi) is 3.70. The molecule has 0 saturated carbocycles. The summed E-state index contributed by atoms with van der Waals surface area (Å²) in [4.78, 5) is 9.08. The average Bonchev–Trinajstić information content (AvgIpc) is 2.83. The van der Waals surface area contributed by atoms with E-state index in [1.54, 1.807) is 0 Å². The molecule has 0 aliphatic heterocycles. The molecule has 2 aromatic heterocycles. The molecule has 0 saturated heterocycles. The molecule has 0 N–H and O–H groups in total. The van der Waals surface area contributed by atoms with E-state index >= 15 is 0 Å². The first-order valence-corrected chi connectivity index (χ1v) is 7.23. The van der Waals surface area contributed by atoms with Crippen LogP contribution < -0.4 is 0 Å². The summed E-state index contributed by atoms with van der Waals surface area (Å²) in [7, 11) is 0. The molecular formula is C16H16ClN3. The summed E-state index contributed by atoms with van der Waals surface area (Å²) in [6, 6.07) is 12.5. The molecule has 2 heterocycles. The van der Waals surface area contributed by atoms with Gasteiger partial charge in [-0.25, -0.2) is 9.97 Å². The van der Waals surface area contributed by atoms with E-state index in [1.165, 1.54) is 5.56 Å². The van der Waals surface area contributed by atoms with Crippen molar-refractivity contribution in [3.05, 3.63) is 59.5 Å². The lowest BCUT2D eigenvalue weighted by Gasteiger charge is -2.07. The molecule has 3 rings (SSSR count). The van der Waals surface area contributed by atoms with Crippen molar-refractivity contribution in [3.63, 3.8) is 0 Å². The molecule has 0 amide bonds. The third-order valence-electron chi connectivity index (χ3n) is 3.39. The van der Waals surface area contributed by atoms with Crippen molar-refractivity contribution in [1.29, 1.82) is 0 Å². The fourth-order valence-corrected chi connectivity index (χ4v) is 2.59. The summed E-state index contributed by atoms with van der Waals surface area (Å²) >= 11 is 6.01. The molecule has 102 valence electrons. The van der Waals surface area contributed by atoms with E-state index < -0.39 is 0 Å². The van der Waals surface area contributed by atoms with Gasteiger partial charge < -0.3 is 4.57 Å². The number of imidazole rings is 1. The Balaban J connectivity index is 1.93. The van der Waals surface area contributed by atoms with Crippen molar-refractivity contribution >= 4 is 22.8 Å². The summed E-state index contributed by atoms with van der Waals surface area (Å²) in [6.45, 7) is 2.87. The molecule has 3 nitrogen and oxygen atoms in total. The van der Waals surface area contributed by atoms with Gasteiger partial charge in [0.1, 0.15) is 11.3 Å². The second-order valence-corrected chi connectivity index (χ2v) is 5.17. The smallest absolute Gasteiger partial charge is 0.160 e. The summed E-state index contributed by atoms with van der Waals surface area (Å²) in [6.07, 6.45) is 2.83. The third kappa shape index (κ3) is 2.54.